The van der Waals surface area contributed by atoms with Gasteiger partial charge in [-0.25, -0.2) is 0 Å². The molecule has 0 saturated heterocycles. The van der Waals surface area contributed by atoms with Crippen molar-refractivity contribution in [2.75, 3.05) is 7.11 Å². The van der Waals surface area contributed by atoms with Crippen LogP contribution >= 0.6 is 0 Å². The average molecular weight is 275 g/mol. The third kappa shape index (κ3) is 5.52. The highest BCUT2D eigenvalue weighted by Crippen LogP contribution is 2.24. The summed E-state index contributed by atoms with van der Waals surface area (Å²) in [6.45, 7) is 0. The highest BCUT2D eigenvalue weighted by Gasteiger charge is 2.09. The Morgan fingerprint density at radius 2 is 1.50 bits per heavy atom. The first kappa shape index (κ1) is 15.3. The van der Waals surface area contributed by atoms with Gasteiger partial charge in [-0.15, -0.1) is 0 Å². The van der Waals surface area contributed by atoms with Gasteiger partial charge in [0.2, 0.25) is 0 Å². The maximum Gasteiger partial charge on any atom is 0.106 e. The summed E-state index contributed by atoms with van der Waals surface area (Å²) in [5.74, 6) is 0. The Morgan fingerprint density at radius 1 is 0.950 bits per heavy atom. The second kappa shape index (κ2) is 8.99. The molecule has 0 atom stereocenters. The molecule has 0 bridgehead atoms. The highest BCUT2D eigenvalue weighted by molar-refractivity contribution is 5.84. The van der Waals surface area contributed by atoms with Gasteiger partial charge in [0.05, 0.1) is 5.71 Å². The van der Waals surface area contributed by atoms with Crippen LogP contribution in [0.5, 0.6) is 0 Å². The van der Waals surface area contributed by atoms with Crippen molar-refractivity contribution < 1.29 is 4.84 Å². The largest absolute Gasteiger partial charge is 0.399 e. The molecular formula is C18H29NO. The summed E-state index contributed by atoms with van der Waals surface area (Å²) in [5.41, 5.74) is 4.51. The second-order valence-electron chi connectivity index (χ2n) is 6.06. The van der Waals surface area contributed by atoms with Crippen LogP contribution in [-0.4, -0.2) is 12.8 Å². The Labute approximate surface area is 124 Å². The van der Waals surface area contributed by atoms with Crippen LogP contribution in [0.25, 0.3) is 0 Å². The summed E-state index contributed by atoms with van der Waals surface area (Å²) >= 11 is 0. The molecule has 0 saturated carbocycles. The van der Waals surface area contributed by atoms with Gasteiger partial charge in [-0.05, 0) is 77.0 Å². The molecule has 0 radical (unpaired) electrons. The lowest BCUT2D eigenvalue weighted by molar-refractivity contribution is 0.211. The van der Waals surface area contributed by atoms with Crippen molar-refractivity contribution >= 4 is 5.71 Å². The summed E-state index contributed by atoms with van der Waals surface area (Å²) in [5, 5.41) is 4.26. The van der Waals surface area contributed by atoms with E-state index in [9.17, 15) is 0 Å². The van der Waals surface area contributed by atoms with Crippen molar-refractivity contribution in [3.05, 3.63) is 23.3 Å². The Kier molecular flexibility index (Phi) is 6.90. The third-order valence-corrected chi connectivity index (χ3v) is 4.46. The first-order valence-corrected chi connectivity index (χ1v) is 8.33. The molecule has 0 unspecified atom stereocenters. The van der Waals surface area contributed by atoms with Gasteiger partial charge in [-0.2, -0.15) is 0 Å². The van der Waals surface area contributed by atoms with Crippen LogP contribution < -0.4 is 0 Å². The van der Waals surface area contributed by atoms with Crippen molar-refractivity contribution in [1.82, 2.24) is 0 Å². The van der Waals surface area contributed by atoms with Crippen LogP contribution in [-0.2, 0) is 4.84 Å². The van der Waals surface area contributed by atoms with Gasteiger partial charge in [0.25, 0.3) is 0 Å². The zero-order chi connectivity index (χ0) is 14.0. The van der Waals surface area contributed by atoms with Gasteiger partial charge in [0.15, 0.2) is 0 Å². The first-order chi connectivity index (χ1) is 9.88. The summed E-state index contributed by atoms with van der Waals surface area (Å²) in [4.78, 5) is 5.03. The molecule has 2 rings (SSSR count). The van der Waals surface area contributed by atoms with E-state index in [-0.39, 0.29) is 0 Å². The summed E-state index contributed by atoms with van der Waals surface area (Å²) in [6, 6.07) is 0. The van der Waals surface area contributed by atoms with Crippen molar-refractivity contribution in [1.29, 1.82) is 0 Å². The van der Waals surface area contributed by atoms with E-state index in [4.69, 9.17) is 4.84 Å². The monoisotopic (exact) mass is 275 g/mol. The zero-order valence-electron chi connectivity index (χ0n) is 13.0. The third-order valence-electron chi connectivity index (χ3n) is 4.46. The molecule has 0 heterocycles. The van der Waals surface area contributed by atoms with E-state index >= 15 is 0 Å². The molecule has 0 amide bonds. The minimum absolute atomic E-state index is 1.08. The van der Waals surface area contributed by atoms with Crippen molar-refractivity contribution in [2.24, 2.45) is 5.16 Å². The number of oxime groups is 1. The topological polar surface area (TPSA) is 21.6 Å². The maximum atomic E-state index is 5.03. The molecule has 20 heavy (non-hydrogen) atoms. The number of allylic oxidation sites excluding steroid dienone is 4. The fourth-order valence-corrected chi connectivity index (χ4v) is 3.22. The van der Waals surface area contributed by atoms with Crippen LogP contribution in [0.2, 0.25) is 0 Å². The fourth-order valence-electron chi connectivity index (χ4n) is 3.22. The van der Waals surface area contributed by atoms with E-state index < -0.39 is 0 Å². The molecule has 112 valence electrons. The molecule has 0 N–H and O–H groups in total. The molecule has 2 heteroatoms. The van der Waals surface area contributed by atoms with Gasteiger partial charge in [0.1, 0.15) is 7.11 Å². The molecule has 2 nitrogen and oxygen atoms in total. The van der Waals surface area contributed by atoms with Crippen molar-refractivity contribution in [2.45, 2.75) is 77.0 Å². The van der Waals surface area contributed by atoms with E-state index in [0.717, 1.165) is 12.8 Å². The van der Waals surface area contributed by atoms with Gasteiger partial charge in [0, 0.05) is 0 Å². The molecule has 2 aliphatic carbocycles. The molecule has 0 aromatic heterocycles. The number of rotatable bonds is 7. The molecule has 2 aliphatic rings. The smallest absolute Gasteiger partial charge is 0.106 e. The first-order valence-electron chi connectivity index (χ1n) is 8.33. The Hall–Kier alpha value is -1.05. The fraction of sp³-hybridized carbons (Fsp3) is 0.722. The average Bonchev–Trinajstić information content (AvgIpc) is 2.52. The zero-order valence-corrected chi connectivity index (χ0v) is 13.0. The Balaban J connectivity index is 1.76. The van der Waals surface area contributed by atoms with E-state index in [0.29, 0.717) is 0 Å². The predicted octanol–water partition coefficient (Wildman–Crippen LogP) is 5.55. The van der Waals surface area contributed by atoms with Crippen molar-refractivity contribution in [3.63, 3.8) is 0 Å². The Bertz CT molecular complexity index is 347. The summed E-state index contributed by atoms with van der Waals surface area (Å²) < 4.78 is 0. The van der Waals surface area contributed by atoms with E-state index in [2.05, 4.69) is 17.3 Å². The van der Waals surface area contributed by atoms with Crippen LogP contribution in [0.3, 0.4) is 0 Å². The standard InChI is InChI=1S/C18H29NO/c1-20-19-18(14-12-16-8-4-2-5-9-16)15-13-17-10-6-3-7-11-17/h8,10H,2-7,9,11-15H2,1H3. The van der Waals surface area contributed by atoms with Crippen molar-refractivity contribution in [3.8, 4) is 0 Å². The maximum absolute atomic E-state index is 5.03. The Morgan fingerprint density at radius 3 is 1.90 bits per heavy atom. The molecule has 0 aliphatic heterocycles. The second-order valence-corrected chi connectivity index (χ2v) is 6.06. The lowest BCUT2D eigenvalue weighted by Crippen LogP contribution is -2.03. The van der Waals surface area contributed by atoms with Gasteiger partial charge >= 0.3 is 0 Å². The lowest BCUT2D eigenvalue weighted by Gasteiger charge is -2.15. The summed E-state index contributed by atoms with van der Waals surface area (Å²) in [6.07, 6.45) is 20.0. The van der Waals surface area contributed by atoms with E-state index in [1.165, 1.54) is 69.9 Å². The lowest BCUT2D eigenvalue weighted by atomic mass is 9.92. The quantitative estimate of drug-likeness (QED) is 0.339. The van der Waals surface area contributed by atoms with Crippen LogP contribution in [0, 0.1) is 0 Å². The number of hydrogen-bond donors (Lipinski definition) is 0. The van der Waals surface area contributed by atoms with E-state index in [1.807, 2.05) is 0 Å². The minimum Gasteiger partial charge on any atom is -0.399 e. The number of hydrogen-bond acceptors (Lipinski definition) is 2. The van der Waals surface area contributed by atoms with Gasteiger partial charge < -0.3 is 4.84 Å². The van der Waals surface area contributed by atoms with Gasteiger partial charge in [-0.3, -0.25) is 0 Å². The molecule has 0 aromatic rings. The van der Waals surface area contributed by atoms with E-state index in [1.54, 1.807) is 18.3 Å². The summed E-state index contributed by atoms with van der Waals surface area (Å²) in [7, 11) is 1.67. The molecule has 0 spiro atoms. The highest BCUT2D eigenvalue weighted by atomic mass is 16.6. The molecule has 0 aromatic carbocycles. The number of nitrogens with zero attached hydrogens (tertiary/aromatic N) is 1. The predicted molar refractivity (Wildman–Crippen MR) is 86.0 cm³/mol. The van der Waals surface area contributed by atoms with Crippen LogP contribution in [0.1, 0.15) is 77.0 Å². The molecular weight excluding hydrogens is 246 g/mol. The normalized spacial score (nSPS) is 19.1. The van der Waals surface area contributed by atoms with Gasteiger partial charge in [-0.1, -0.05) is 28.5 Å². The molecule has 0 fully saturated rings. The minimum atomic E-state index is 1.08. The van der Waals surface area contributed by atoms with Crippen LogP contribution in [0.4, 0.5) is 0 Å². The SMILES string of the molecule is CON=C(CCC1=CCCCC1)CCC1=CCCCC1. The van der Waals surface area contributed by atoms with Crippen LogP contribution in [0.15, 0.2) is 28.5 Å².